The highest BCUT2D eigenvalue weighted by Gasteiger charge is 2.20. The Hall–Kier alpha value is -0.740. The molecule has 0 atom stereocenters. The van der Waals surface area contributed by atoms with Crippen molar-refractivity contribution in [1.82, 2.24) is 10.3 Å². The highest BCUT2D eigenvalue weighted by atomic mass is 32.2. The third kappa shape index (κ3) is 3.13. The van der Waals surface area contributed by atoms with Crippen LogP contribution in [0.3, 0.4) is 0 Å². The van der Waals surface area contributed by atoms with Gasteiger partial charge in [-0.25, -0.2) is 4.98 Å². The van der Waals surface area contributed by atoms with Crippen LogP contribution in [0.15, 0.2) is 18.3 Å². The molecule has 0 amide bonds. The Balaban J connectivity index is 1.64. The Bertz CT molecular complexity index is 373. The van der Waals surface area contributed by atoms with E-state index in [0.717, 1.165) is 31.5 Å². The van der Waals surface area contributed by atoms with Crippen molar-refractivity contribution >= 4 is 17.6 Å². The molecule has 0 bridgehead atoms. The average Bonchev–Trinajstić information content (AvgIpc) is 3.22. The van der Waals surface area contributed by atoms with Crippen molar-refractivity contribution in [3.63, 3.8) is 0 Å². The number of nitrogens with zero attached hydrogens (tertiary/aromatic N) is 2. The van der Waals surface area contributed by atoms with Crippen molar-refractivity contribution in [3.05, 3.63) is 23.9 Å². The molecule has 4 heteroatoms. The maximum Gasteiger partial charge on any atom is 0.128 e. The molecule has 2 fully saturated rings. The minimum absolute atomic E-state index is 0.776. The quantitative estimate of drug-likeness (QED) is 0.882. The van der Waals surface area contributed by atoms with Crippen LogP contribution >= 0.6 is 11.8 Å². The van der Waals surface area contributed by atoms with Gasteiger partial charge in [-0.15, -0.1) is 0 Å². The number of pyridine rings is 1. The molecule has 1 aliphatic carbocycles. The highest BCUT2D eigenvalue weighted by molar-refractivity contribution is 7.99. The standard InChI is InChI=1S/C13H19N3S/c1-2-12(1)15-10-11-3-4-14-13(9-11)16-5-7-17-8-6-16/h3-4,9,12,15H,1-2,5-8,10H2. The van der Waals surface area contributed by atoms with Crippen LogP contribution in [0, 0.1) is 0 Å². The Morgan fingerprint density at radius 3 is 2.94 bits per heavy atom. The van der Waals surface area contributed by atoms with Gasteiger partial charge >= 0.3 is 0 Å². The van der Waals surface area contributed by atoms with Crippen LogP contribution in [-0.4, -0.2) is 35.6 Å². The normalized spacial score (nSPS) is 20.6. The Morgan fingerprint density at radius 1 is 1.35 bits per heavy atom. The fourth-order valence-electron chi connectivity index (χ4n) is 2.09. The van der Waals surface area contributed by atoms with E-state index in [1.54, 1.807) is 0 Å². The van der Waals surface area contributed by atoms with Gasteiger partial charge in [-0.2, -0.15) is 11.8 Å². The third-order valence-corrected chi connectivity index (χ3v) is 4.26. The van der Waals surface area contributed by atoms with E-state index < -0.39 is 0 Å². The topological polar surface area (TPSA) is 28.2 Å². The maximum absolute atomic E-state index is 4.49. The molecule has 1 saturated carbocycles. The first-order valence-corrected chi connectivity index (χ1v) is 7.58. The van der Waals surface area contributed by atoms with Crippen molar-refractivity contribution in [2.45, 2.75) is 25.4 Å². The molecule has 2 heterocycles. The van der Waals surface area contributed by atoms with Crippen molar-refractivity contribution in [2.24, 2.45) is 0 Å². The predicted molar refractivity (Wildman–Crippen MR) is 73.6 cm³/mol. The molecule has 0 spiro atoms. The van der Waals surface area contributed by atoms with Gasteiger partial charge in [0.1, 0.15) is 5.82 Å². The third-order valence-electron chi connectivity index (χ3n) is 3.32. The maximum atomic E-state index is 4.49. The molecular formula is C13H19N3S. The van der Waals surface area contributed by atoms with Gasteiger partial charge < -0.3 is 10.2 Å². The first-order chi connectivity index (χ1) is 8.42. The van der Waals surface area contributed by atoms with Crippen LogP contribution < -0.4 is 10.2 Å². The van der Waals surface area contributed by atoms with Gasteiger partial charge in [-0.05, 0) is 30.5 Å². The molecule has 0 unspecified atom stereocenters. The molecule has 3 rings (SSSR count). The summed E-state index contributed by atoms with van der Waals surface area (Å²) in [5.41, 5.74) is 1.36. The fraction of sp³-hybridized carbons (Fsp3) is 0.615. The monoisotopic (exact) mass is 249 g/mol. The average molecular weight is 249 g/mol. The molecule has 1 N–H and O–H groups in total. The molecule has 0 radical (unpaired) electrons. The van der Waals surface area contributed by atoms with E-state index >= 15 is 0 Å². The number of aromatic nitrogens is 1. The second kappa shape index (κ2) is 5.27. The Morgan fingerprint density at radius 2 is 2.18 bits per heavy atom. The van der Waals surface area contributed by atoms with Gasteiger partial charge in [0.2, 0.25) is 0 Å². The zero-order valence-corrected chi connectivity index (χ0v) is 10.9. The lowest BCUT2D eigenvalue weighted by molar-refractivity contribution is 0.686. The lowest BCUT2D eigenvalue weighted by atomic mass is 10.2. The Kier molecular flexibility index (Phi) is 3.52. The van der Waals surface area contributed by atoms with Crippen LogP contribution in [0.1, 0.15) is 18.4 Å². The first kappa shape index (κ1) is 11.4. The molecule has 17 heavy (non-hydrogen) atoms. The Labute approximate surface area is 107 Å². The van der Waals surface area contributed by atoms with Gasteiger partial charge in [-0.3, -0.25) is 0 Å². The minimum atomic E-state index is 0.776. The largest absolute Gasteiger partial charge is 0.355 e. The van der Waals surface area contributed by atoms with Gasteiger partial charge in [0.15, 0.2) is 0 Å². The second-order valence-electron chi connectivity index (χ2n) is 4.78. The lowest BCUT2D eigenvalue weighted by Gasteiger charge is -2.27. The molecule has 3 nitrogen and oxygen atoms in total. The van der Waals surface area contributed by atoms with E-state index in [-0.39, 0.29) is 0 Å². The summed E-state index contributed by atoms with van der Waals surface area (Å²) in [6.07, 6.45) is 4.64. The summed E-state index contributed by atoms with van der Waals surface area (Å²) in [4.78, 5) is 6.89. The van der Waals surface area contributed by atoms with Gasteiger partial charge in [0.25, 0.3) is 0 Å². The summed E-state index contributed by atoms with van der Waals surface area (Å²) in [5.74, 6) is 3.61. The number of hydrogen-bond acceptors (Lipinski definition) is 4. The highest BCUT2D eigenvalue weighted by Crippen LogP contribution is 2.21. The van der Waals surface area contributed by atoms with E-state index in [2.05, 4.69) is 27.3 Å². The molecule has 0 aromatic carbocycles. The summed E-state index contributed by atoms with van der Waals surface area (Å²) >= 11 is 2.04. The van der Waals surface area contributed by atoms with Gasteiger partial charge in [0, 0.05) is 43.4 Å². The molecule has 1 aromatic rings. The van der Waals surface area contributed by atoms with Gasteiger partial charge in [-0.1, -0.05) is 0 Å². The first-order valence-electron chi connectivity index (χ1n) is 6.43. The summed E-state index contributed by atoms with van der Waals surface area (Å²) < 4.78 is 0. The summed E-state index contributed by atoms with van der Waals surface area (Å²) in [6.45, 7) is 3.26. The van der Waals surface area contributed by atoms with E-state index in [9.17, 15) is 0 Å². The molecule has 92 valence electrons. The molecule has 2 aliphatic rings. The molecule has 1 aromatic heterocycles. The summed E-state index contributed by atoms with van der Waals surface area (Å²) in [7, 11) is 0. The summed E-state index contributed by atoms with van der Waals surface area (Å²) in [5, 5.41) is 3.55. The second-order valence-corrected chi connectivity index (χ2v) is 6.00. The van der Waals surface area contributed by atoms with Crippen molar-refractivity contribution in [3.8, 4) is 0 Å². The van der Waals surface area contributed by atoms with Crippen LogP contribution in [0.25, 0.3) is 0 Å². The predicted octanol–water partition coefficient (Wildman–Crippen LogP) is 1.89. The van der Waals surface area contributed by atoms with Crippen molar-refractivity contribution in [1.29, 1.82) is 0 Å². The van der Waals surface area contributed by atoms with Crippen molar-refractivity contribution < 1.29 is 0 Å². The van der Waals surface area contributed by atoms with Crippen LogP contribution in [0.2, 0.25) is 0 Å². The number of hydrogen-bond donors (Lipinski definition) is 1. The van der Waals surface area contributed by atoms with Crippen LogP contribution in [0.5, 0.6) is 0 Å². The van der Waals surface area contributed by atoms with E-state index in [0.29, 0.717) is 0 Å². The smallest absolute Gasteiger partial charge is 0.128 e. The van der Waals surface area contributed by atoms with E-state index in [4.69, 9.17) is 0 Å². The van der Waals surface area contributed by atoms with Crippen LogP contribution in [-0.2, 0) is 6.54 Å². The summed E-state index contributed by atoms with van der Waals surface area (Å²) in [6, 6.07) is 5.14. The lowest BCUT2D eigenvalue weighted by Crippen LogP contribution is -2.33. The van der Waals surface area contributed by atoms with Crippen molar-refractivity contribution in [2.75, 3.05) is 29.5 Å². The number of rotatable bonds is 4. The number of nitrogens with one attached hydrogen (secondary N) is 1. The molecule has 1 aliphatic heterocycles. The molecular weight excluding hydrogens is 230 g/mol. The van der Waals surface area contributed by atoms with E-state index in [1.807, 2.05) is 18.0 Å². The molecule has 1 saturated heterocycles. The zero-order chi connectivity index (χ0) is 11.5. The number of thioether (sulfide) groups is 1. The minimum Gasteiger partial charge on any atom is -0.355 e. The van der Waals surface area contributed by atoms with Gasteiger partial charge in [0.05, 0.1) is 0 Å². The SMILES string of the molecule is c1cc(CNC2CC2)cc(N2CCSCC2)n1. The zero-order valence-electron chi connectivity index (χ0n) is 10.1. The number of anilines is 1. The van der Waals surface area contributed by atoms with E-state index in [1.165, 1.54) is 29.9 Å². The fourth-order valence-corrected chi connectivity index (χ4v) is 2.99. The van der Waals surface area contributed by atoms with Crippen LogP contribution in [0.4, 0.5) is 5.82 Å².